The maximum Gasteiger partial charge on any atom is 0.271 e. The predicted octanol–water partition coefficient (Wildman–Crippen LogP) is 3.03. The summed E-state index contributed by atoms with van der Waals surface area (Å²) in [4.78, 5) is 41.4. The summed E-state index contributed by atoms with van der Waals surface area (Å²) in [6.45, 7) is 0. The van der Waals surface area contributed by atoms with Crippen LogP contribution in [0.4, 0.5) is 15.8 Å². The number of benzene rings is 2. The summed E-state index contributed by atoms with van der Waals surface area (Å²) in [5.74, 6) is -1.71. The first-order chi connectivity index (χ1) is 12.9. The summed E-state index contributed by atoms with van der Waals surface area (Å²) >= 11 is 6.01. The maximum absolute atomic E-state index is 13.3. The second-order valence-corrected chi connectivity index (χ2v) is 6.91. The highest BCUT2D eigenvalue weighted by Crippen LogP contribution is 2.44. The number of likely N-dealkylation sites (N-methyl/N-ethyl adjacent to an activating group) is 1. The van der Waals surface area contributed by atoms with Gasteiger partial charge in [-0.2, -0.15) is 0 Å². The fraction of sp³-hybridized carbons (Fsp3) is 0.211. The Balaban J connectivity index is 1.81. The fourth-order valence-corrected chi connectivity index (χ4v) is 3.96. The third kappa shape index (κ3) is 2.42. The number of anilines is 2. The normalized spacial score (nSPS) is 21.1. The minimum absolute atomic E-state index is 0.0285. The van der Waals surface area contributed by atoms with Gasteiger partial charge in [-0.05, 0) is 30.3 Å². The molecule has 2 aromatic carbocycles. The van der Waals surface area contributed by atoms with Crippen LogP contribution < -0.4 is 10.2 Å². The quantitative estimate of drug-likeness (QED) is 0.861. The molecule has 0 aliphatic carbocycles. The van der Waals surface area contributed by atoms with Gasteiger partial charge in [0.1, 0.15) is 5.82 Å². The van der Waals surface area contributed by atoms with E-state index in [-0.39, 0.29) is 35.4 Å². The van der Waals surface area contributed by atoms with Crippen molar-refractivity contribution in [3.8, 4) is 0 Å². The number of rotatable bonds is 2. The van der Waals surface area contributed by atoms with E-state index in [1.54, 1.807) is 24.3 Å². The Kier molecular flexibility index (Phi) is 3.92. The lowest BCUT2D eigenvalue weighted by atomic mass is 9.96. The molecule has 6 nitrogen and oxygen atoms in total. The highest BCUT2D eigenvalue weighted by molar-refractivity contribution is 6.34. The van der Waals surface area contributed by atoms with Crippen molar-refractivity contribution in [2.75, 3.05) is 17.3 Å². The molecular formula is C19H15ClFN3O3. The first-order valence-corrected chi connectivity index (χ1v) is 8.71. The van der Waals surface area contributed by atoms with E-state index in [2.05, 4.69) is 5.32 Å². The summed E-state index contributed by atoms with van der Waals surface area (Å²) < 4.78 is 13.3. The zero-order chi connectivity index (χ0) is 19.3. The Bertz CT molecular complexity index is 996. The van der Waals surface area contributed by atoms with Crippen LogP contribution in [0.2, 0.25) is 5.02 Å². The van der Waals surface area contributed by atoms with Gasteiger partial charge in [0.15, 0.2) is 0 Å². The Hall–Kier alpha value is -2.93. The van der Waals surface area contributed by atoms with Crippen LogP contribution in [0.5, 0.6) is 0 Å². The van der Waals surface area contributed by atoms with Gasteiger partial charge in [-0.25, -0.2) is 4.39 Å². The molecule has 2 aromatic rings. The third-order valence-corrected chi connectivity index (χ3v) is 5.40. The van der Waals surface area contributed by atoms with Gasteiger partial charge in [-0.15, -0.1) is 0 Å². The van der Waals surface area contributed by atoms with Gasteiger partial charge < -0.3 is 10.2 Å². The first kappa shape index (κ1) is 17.5. The van der Waals surface area contributed by atoms with E-state index in [0.717, 1.165) is 6.07 Å². The van der Waals surface area contributed by atoms with Gasteiger partial charge in [-0.3, -0.25) is 19.3 Å². The minimum atomic E-state index is -1.50. The van der Waals surface area contributed by atoms with Gasteiger partial charge >= 0.3 is 0 Å². The molecule has 2 aliphatic rings. The fourth-order valence-electron chi connectivity index (χ4n) is 3.74. The standard InChI is InChI=1S/C19H15ClFN3O3/c1-23-17(26)12-4-2-3-5-15(12)24-16(25)8-9-19(23,24)18(27)22-14-7-6-11(21)10-13(14)20/h2-7,10H,8-9H2,1H3,(H,22,27)/t19-/m0/s1. The summed E-state index contributed by atoms with van der Waals surface area (Å²) in [6.07, 6.45) is 0.267. The summed E-state index contributed by atoms with van der Waals surface area (Å²) in [6, 6.07) is 10.3. The smallest absolute Gasteiger partial charge is 0.271 e. The Morgan fingerprint density at radius 3 is 2.70 bits per heavy atom. The van der Waals surface area contributed by atoms with Crippen LogP contribution in [-0.4, -0.2) is 35.3 Å². The van der Waals surface area contributed by atoms with E-state index in [9.17, 15) is 18.8 Å². The van der Waals surface area contributed by atoms with Crippen molar-refractivity contribution in [2.24, 2.45) is 0 Å². The topological polar surface area (TPSA) is 69.7 Å². The lowest BCUT2D eigenvalue weighted by Crippen LogP contribution is -2.68. The molecule has 1 saturated heterocycles. The van der Waals surface area contributed by atoms with Gasteiger partial charge in [0.25, 0.3) is 11.8 Å². The van der Waals surface area contributed by atoms with E-state index < -0.39 is 17.4 Å². The van der Waals surface area contributed by atoms with Crippen molar-refractivity contribution in [1.82, 2.24) is 4.90 Å². The highest BCUT2D eigenvalue weighted by Gasteiger charge is 2.59. The zero-order valence-corrected chi connectivity index (χ0v) is 15.1. The molecule has 3 amide bonds. The average Bonchev–Trinajstić information content (AvgIpc) is 3.01. The van der Waals surface area contributed by atoms with E-state index >= 15 is 0 Å². The second-order valence-electron chi connectivity index (χ2n) is 6.51. The largest absolute Gasteiger partial charge is 0.321 e. The molecule has 0 spiro atoms. The van der Waals surface area contributed by atoms with Crippen LogP contribution in [-0.2, 0) is 9.59 Å². The predicted molar refractivity (Wildman–Crippen MR) is 98.0 cm³/mol. The van der Waals surface area contributed by atoms with Gasteiger partial charge in [0, 0.05) is 19.9 Å². The Labute approximate surface area is 159 Å². The van der Waals surface area contributed by atoms with Crippen molar-refractivity contribution in [3.05, 3.63) is 58.9 Å². The SMILES string of the molecule is CN1C(=O)c2ccccc2N2C(=O)CC[C@]12C(=O)Nc1ccc(F)cc1Cl. The van der Waals surface area contributed by atoms with Crippen molar-refractivity contribution < 1.29 is 18.8 Å². The molecule has 0 radical (unpaired) electrons. The van der Waals surface area contributed by atoms with Gasteiger partial charge in [0.05, 0.1) is 22.0 Å². The molecule has 2 aliphatic heterocycles. The number of hydrogen-bond donors (Lipinski definition) is 1. The van der Waals surface area contributed by atoms with E-state index in [0.29, 0.717) is 11.3 Å². The molecule has 138 valence electrons. The van der Waals surface area contributed by atoms with Crippen LogP contribution in [0.3, 0.4) is 0 Å². The lowest BCUT2D eigenvalue weighted by molar-refractivity contribution is -0.128. The Morgan fingerprint density at radius 2 is 1.96 bits per heavy atom. The molecule has 8 heteroatoms. The monoisotopic (exact) mass is 387 g/mol. The molecule has 2 heterocycles. The van der Waals surface area contributed by atoms with Gasteiger partial charge in [0.2, 0.25) is 11.6 Å². The van der Waals surface area contributed by atoms with Crippen LogP contribution >= 0.6 is 11.6 Å². The molecule has 1 N–H and O–H groups in total. The molecular weight excluding hydrogens is 373 g/mol. The summed E-state index contributed by atoms with van der Waals surface area (Å²) in [5, 5.41) is 2.67. The molecule has 0 saturated carbocycles. The van der Waals surface area contributed by atoms with Crippen LogP contribution in [0.15, 0.2) is 42.5 Å². The van der Waals surface area contributed by atoms with E-state index in [4.69, 9.17) is 11.6 Å². The summed E-state index contributed by atoms with van der Waals surface area (Å²) in [5.41, 5.74) is -0.529. The maximum atomic E-state index is 13.3. The molecule has 27 heavy (non-hydrogen) atoms. The number of amides is 3. The zero-order valence-electron chi connectivity index (χ0n) is 14.3. The molecule has 0 unspecified atom stereocenters. The first-order valence-electron chi connectivity index (χ1n) is 8.33. The van der Waals surface area contributed by atoms with Crippen LogP contribution in [0, 0.1) is 5.82 Å². The number of nitrogens with zero attached hydrogens (tertiary/aromatic N) is 2. The number of carbonyl (C=O) groups is 3. The second kappa shape index (κ2) is 6.06. The number of halogens is 2. The summed E-state index contributed by atoms with van der Waals surface area (Å²) in [7, 11) is 1.50. The number of carbonyl (C=O) groups excluding carboxylic acids is 3. The van der Waals surface area contributed by atoms with Crippen LogP contribution in [0.25, 0.3) is 0 Å². The van der Waals surface area contributed by atoms with Crippen molar-refractivity contribution in [2.45, 2.75) is 18.5 Å². The number of nitrogens with one attached hydrogen (secondary N) is 1. The van der Waals surface area contributed by atoms with Crippen molar-refractivity contribution in [1.29, 1.82) is 0 Å². The molecule has 1 fully saturated rings. The molecule has 0 bridgehead atoms. The van der Waals surface area contributed by atoms with E-state index in [1.165, 1.54) is 29.0 Å². The highest BCUT2D eigenvalue weighted by atomic mass is 35.5. The van der Waals surface area contributed by atoms with Gasteiger partial charge in [-0.1, -0.05) is 23.7 Å². The molecule has 4 rings (SSSR count). The molecule has 1 atom stereocenters. The lowest BCUT2D eigenvalue weighted by Gasteiger charge is -2.47. The number of fused-ring (bicyclic) bond motifs is 3. The third-order valence-electron chi connectivity index (χ3n) is 5.08. The van der Waals surface area contributed by atoms with Crippen molar-refractivity contribution in [3.63, 3.8) is 0 Å². The van der Waals surface area contributed by atoms with E-state index in [1.807, 2.05) is 0 Å². The average molecular weight is 388 g/mol. The van der Waals surface area contributed by atoms with Crippen LogP contribution in [0.1, 0.15) is 23.2 Å². The Morgan fingerprint density at radius 1 is 1.22 bits per heavy atom. The number of hydrogen-bond acceptors (Lipinski definition) is 3. The number of para-hydroxylation sites is 1. The molecule has 0 aromatic heterocycles. The van der Waals surface area contributed by atoms with Crippen molar-refractivity contribution >= 4 is 40.7 Å². The minimum Gasteiger partial charge on any atom is -0.321 e.